The Bertz CT molecular complexity index is 401. The van der Waals surface area contributed by atoms with Gasteiger partial charge in [0, 0.05) is 12.0 Å². The molecular formula is C10H8ClNO2. The van der Waals surface area contributed by atoms with Crippen molar-refractivity contribution in [3.05, 3.63) is 35.4 Å². The average Bonchev–Trinajstić information content (AvgIpc) is 2.44. The van der Waals surface area contributed by atoms with Gasteiger partial charge in [-0.05, 0) is 23.2 Å². The number of halogens is 1. The van der Waals surface area contributed by atoms with E-state index in [4.69, 9.17) is 11.6 Å². The number of benzene rings is 1. The van der Waals surface area contributed by atoms with Crippen molar-refractivity contribution in [2.45, 2.75) is 12.5 Å². The second-order valence-corrected chi connectivity index (χ2v) is 3.59. The smallest absolute Gasteiger partial charge is 0.252 e. The largest absolute Gasteiger partial charge is 0.345 e. The number of hydrogen-bond acceptors (Lipinski definition) is 2. The van der Waals surface area contributed by atoms with E-state index in [1.165, 1.54) is 0 Å². The van der Waals surface area contributed by atoms with Gasteiger partial charge in [-0.2, -0.15) is 0 Å². The Balaban J connectivity index is 2.34. The van der Waals surface area contributed by atoms with Gasteiger partial charge in [0.25, 0.3) is 5.91 Å². The molecule has 0 aromatic heterocycles. The number of rotatable bonds is 2. The number of carbonyl (C=O) groups excluding carboxylic acids is 2. The van der Waals surface area contributed by atoms with E-state index >= 15 is 0 Å². The molecule has 0 fully saturated rings. The maximum Gasteiger partial charge on any atom is 0.252 e. The number of fused-ring (bicyclic) bond motifs is 1. The van der Waals surface area contributed by atoms with Crippen molar-refractivity contribution < 1.29 is 9.59 Å². The van der Waals surface area contributed by atoms with E-state index in [1.807, 2.05) is 12.1 Å². The fourth-order valence-corrected chi connectivity index (χ4v) is 1.80. The van der Waals surface area contributed by atoms with Crippen LogP contribution in [-0.4, -0.2) is 11.1 Å². The first-order valence-electron chi connectivity index (χ1n) is 4.26. The van der Waals surface area contributed by atoms with Crippen LogP contribution in [0, 0.1) is 0 Å². The van der Waals surface area contributed by atoms with Crippen molar-refractivity contribution in [1.29, 1.82) is 0 Å². The predicted molar refractivity (Wildman–Crippen MR) is 52.1 cm³/mol. The summed E-state index contributed by atoms with van der Waals surface area (Å²) < 4.78 is 0. The van der Waals surface area contributed by atoms with Crippen LogP contribution in [0.15, 0.2) is 24.3 Å². The Hall–Kier alpha value is -1.35. The Labute approximate surface area is 86.1 Å². The van der Waals surface area contributed by atoms with Gasteiger partial charge >= 0.3 is 0 Å². The zero-order valence-electron chi connectivity index (χ0n) is 7.29. The number of hydrogen-bond donors (Lipinski definition) is 1. The minimum atomic E-state index is -0.438. The van der Waals surface area contributed by atoms with Gasteiger partial charge in [0.15, 0.2) is 0 Å². The zero-order valence-corrected chi connectivity index (χ0v) is 8.04. The molecule has 72 valence electrons. The highest BCUT2D eigenvalue weighted by atomic mass is 35.5. The Morgan fingerprint density at radius 3 is 2.86 bits per heavy atom. The summed E-state index contributed by atoms with van der Waals surface area (Å²) in [5, 5.41) is 2.27. The quantitative estimate of drug-likeness (QED) is 0.753. The number of carbonyl (C=O) groups is 2. The van der Waals surface area contributed by atoms with Crippen LogP contribution in [0.4, 0.5) is 0 Å². The van der Waals surface area contributed by atoms with Crippen LogP contribution < -0.4 is 5.32 Å². The van der Waals surface area contributed by atoms with Gasteiger partial charge in [-0.3, -0.25) is 9.59 Å². The maximum absolute atomic E-state index is 11.4. The first kappa shape index (κ1) is 9.21. The summed E-state index contributed by atoms with van der Waals surface area (Å²) in [5.74, 6) is -0.136. The fraction of sp³-hybridized carbons (Fsp3) is 0.200. The molecule has 0 saturated carbocycles. The molecule has 3 nitrogen and oxygen atoms in total. The molecule has 14 heavy (non-hydrogen) atoms. The van der Waals surface area contributed by atoms with Crippen LogP contribution in [0.3, 0.4) is 0 Å². The molecule has 1 aromatic rings. The van der Waals surface area contributed by atoms with Gasteiger partial charge in [-0.25, -0.2) is 0 Å². The third-order valence-corrected chi connectivity index (χ3v) is 2.41. The molecule has 0 spiro atoms. The summed E-state index contributed by atoms with van der Waals surface area (Å²) in [6.07, 6.45) is 0.143. The molecule has 1 heterocycles. The van der Waals surface area contributed by atoms with E-state index in [2.05, 4.69) is 5.32 Å². The molecule has 0 radical (unpaired) electrons. The molecular weight excluding hydrogens is 202 g/mol. The molecule has 4 heteroatoms. The van der Waals surface area contributed by atoms with Crippen molar-refractivity contribution in [3.8, 4) is 0 Å². The van der Waals surface area contributed by atoms with Gasteiger partial charge in [0.1, 0.15) is 0 Å². The summed E-state index contributed by atoms with van der Waals surface area (Å²) in [6.45, 7) is 0. The second kappa shape index (κ2) is 3.42. The van der Waals surface area contributed by atoms with Crippen LogP contribution >= 0.6 is 11.6 Å². The summed E-state index contributed by atoms with van der Waals surface area (Å²) >= 11 is 5.28. The summed E-state index contributed by atoms with van der Waals surface area (Å²) in [7, 11) is 0. The standard InChI is InChI=1S/C10H8ClNO2/c11-9(13)5-8-6-3-1-2-4-7(6)10(14)12-8/h1-4,8H,5H2,(H,12,14). The predicted octanol–water partition coefficient (Wildman–Crippen LogP) is 1.63. The van der Waals surface area contributed by atoms with Crippen molar-refractivity contribution >= 4 is 22.8 Å². The van der Waals surface area contributed by atoms with Crippen molar-refractivity contribution in [1.82, 2.24) is 5.32 Å². The van der Waals surface area contributed by atoms with Gasteiger partial charge in [-0.1, -0.05) is 18.2 Å². The highest BCUT2D eigenvalue weighted by molar-refractivity contribution is 6.63. The Kier molecular flexibility index (Phi) is 2.25. The van der Waals surface area contributed by atoms with Crippen LogP contribution in [0.5, 0.6) is 0 Å². The van der Waals surface area contributed by atoms with E-state index in [0.717, 1.165) is 5.56 Å². The van der Waals surface area contributed by atoms with Crippen molar-refractivity contribution in [2.24, 2.45) is 0 Å². The molecule has 0 saturated heterocycles. The second-order valence-electron chi connectivity index (χ2n) is 3.17. The molecule has 1 aliphatic rings. The highest BCUT2D eigenvalue weighted by Crippen LogP contribution is 2.27. The van der Waals surface area contributed by atoms with Gasteiger partial charge in [0.2, 0.25) is 5.24 Å². The lowest BCUT2D eigenvalue weighted by Crippen LogP contribution is -2.20. The maximum atomic E-state index is 11.4. The molecule has 1 unspecified atom stereocenters. The van der Waals surface area contributed by atoms with E-state index in [0.29, 0.717) is 5.56 Å². The molecule has 0 bridgehead atoms. The molecule has 1 N–H and O–H groups in total. The lowest BCUT2D eigenvalue weighted by atomic mass is 10.0. The van der Waals surface area contributed by atoms with Crippen LogP contribution in [-0.2, 0) is 4.79 Å². The van der Waals surface area contributed by atoms with Crippen LogP contribution in [0.2, 0.25) is 0 Å². The van der Waals surface area contributed by atoms with E-state index in [-0.39, 0.29) is 18.4 Å². The summed E-state index contributed by atoms with van der Waals surface area (Å²) in [4.78, 5) is 22.1. The average molecular weight is 210 g/mol. The lowest BCUT2D eigenvalue weighted by Gasteiger charge is -2.07. The molecule has 1 amide bonds. The van der Waals surface area contributed by atoms with Gasteiger partial charge < -0.3 is 5.32 Å². The molecule has 0 aliphatic carbocycles. The van der Waals surface area contributed by atoms with Crippen molar-refractivity contribution in [2.75, 3.05) is 0 Å². The molecule has 1 aromatic carbocycles. The first-order chi connectivity index (χ1) is 6.68. The van der Waals surface area contributed by atoms with Gasteiger partial charge in [0.05, 0.1) is 6.04 Å². The van der Waals surface area contributed by atoms with Crippen LogP contribution in [0.25, 0.3) is 0 Å². The molecule has 2 rings (SSSR count). The normalized spacial score (nSPS) is 18.9. The SMILES string of the molecule is O=C(Cl)CC1NC(=O)c2ccccc21. The highest BCUT2D eigenvalue weighted by Gasteiger charge is 2.28. The fourth-order valence-electron chi connectivity index (χ4n) is 1.64. The van der Waals surface area contributed by atoms with Crippen LogP contribution in [0.1, 0.15) is 28.4 Å². The topological polar surface area (TPSA) is 46.2 Å². The molecule has 1 atom stereocenters. The Morgan fingerprint density at radius 2 is 2.14 bits per heavy atom. The zero-order chi connectivity index (χ0) is 10.1. The summed E-state index contributed by atoms with van der Waals surface area (Å²) in [6, 6.07) is 6.94. The third-order valence-electron chi connectivity index (χ3n) is 2.25. The lowest BCUT2D eigenvalue weighted by molar-refractivity contribution is -0.112. The monoisotopic (exact) mass is 209 g/mol. The van der Waals surface area contributed by atoms with E-state index in [9.17, 15) is 9.59 Å². The number of nitrogens with one attached hydrogen (secondary N) is 1. The minimum absolute atomic E-state index is 0.136. The van der Waals surface area contributed by atoms with E-state index in [1.54, 1.807) is 12.1 Å². The minimum Gasteiger partial charge on any atom is -0.345 e. The number of amides is 1. The molecule has 1 aliphatic heterocycles. The van der Waals surface area contributed by atoms with Crippen molar-refractivity contribution in [3.63, 3.8) is 0 Å². The van der Waals surface area contributed by atoms with E-state index < -0.39 is 5.24 Å². The first-order valence-corrected chi connectivity index (χ1v) is 4.64. The third kappa shape index (κ3) is 1.51. The summed E-state index contributed by atoms with van der Waals surface area (Å²) in [5.41, 5.74) is 1.49. The Morgan fingerprint density at radius 1 is 1.43 bits per heavy atom. The van der Waals surface area contributed by atoms with Gasteiger partial charge in [-0.15, -0.1) is 0 Å².